The van der Waals surface area contributed by atoms with E-state index in [2.05, 4.69) is 54.2 Å². The topological polar surface area (TPSA) is 20.2 Å². The smallest absolute Gasteiger partial charge is 0.126 e. The molecule has 0 bridgehead atoms. The van der Waals surface area contributed by atoms with Crippen LogP contribution in [0.4, 0.5) is 0 Å². The average Bonchev–Trinajstić information content (AvgIpc) is 2.44. The number of phenols is 1. The molecule has 0 unspecified atom stereocenters. The summed E-state index contributed by atoms with van der Waals surface area (Å²) in [4.78, 5) is 0. The van der Waals surface area contributed by atoms with Gasteiger partial charge in [0.1, 0.15) is 5.75 Å². The fraction of sp³-hybridized carbons (Fsp3) is 0.600. The van der Waals surface area contributed by atoms with Gasteiger partial charge in [0.25, 0.3) is 0 Å². The number of phenolic OH excluding ortho intramolecular Hbond substituents is 1. The van der Waals surface area contributed by atoms with Crippen LogP contribution in [-0.2, 0) is 5.41 Å². The third-order valence-corrected chi connectivity index (χ3v) is 4.05. The van der Waals surface area contributed by atoms with Gasteiger partial charge in [-0.3, -0.25) is 0 Å². The second-order valence-electron chi connectivity index (χ2n) is 6.33. The molecular formula is C20H36O. The molecule has 0 spiro atoms. The minimum Gasteiger partial charge on any atom is -0.507 e. The highest BCUT2D eigenvalue weighted by Crippen LogP contribution is 2.45. The molecule has 0 heterocycles. The maximum atomic E-state index is 10.3. The Balaban J connectivity index is 0. The van der Waals surface area contributed by atoms with Gasteiger partial charge in [-0.2, -0.15) is 0 Å². The summed E-state index contributed by atoms with van der Waals surface area (Å²) in [7, 11) is 0. The molecule has 122 valence electrons. The highest BCUT2D eigenvalue weighted by atomic mass is 16.3. The first-order valence-electron chi connectivity index (χ1n) is 8.08. The third kappa shape index (κ3) is 5.22. The van der Waals surface area contributed by atoms with E-state index in [0.717, 1.165) is 16.7 Å². The molecule has 1 heteroatoms. The maximum Gasteiger partial charge on any atom is 0.126 e. The van der Waals surface area contributed by atoms with E-state index in [4.69, 9.17) is 0 Å². The Labute approximate surface area is 133 Å². The minimum absolute atomic E-state index is 0.0801. The standard InChI is InChI=1S/C16H24O.2C2H6/c1-8-12-9-11(2)10-13(14(12)17)16(6,7)15(3,4)5;2*1-2/h8-10,17H,1H2,2-7H3;2*1-2H3. The van der Waals surface area contributed by atoms with Gasteiger partial charge in [0.2, 0.25) is 0 Å². The first-order valence-corrected chi connectivity index (χ1v) is 8.08. The van der Waals surface area contributed by atoms with Gasteiger partial charge in [0.05, 0.1) is 0 Å². The van der Waals surface area contributed by atoms with Crippen LogP contribution in [0.25, 0.3) is 6.08 Å². The summed E-state index contributed by atoms with van der Waals surface area (Å²) in [6.45, 7) is 24.7. The summed E-state index contributed by atoms with van der Waals surface area (Å²) in [6.07, 6.45) is 1.71. The van der Waals surface area contributed by atoms with E-state index in [1.807, 2.05) is 33.8 Å². The molecule has 0 radical (unpaired) electrons. The normalized spacial score (nSPS) is 10.8. The number of hydrogen-bond donors (Lipinski definition) is 1. The molecule has 0 saturated heterocycles. The van der Waals surface area contributed by atoms with Gasteiger partial charge in [-0.25, -0.2) is 0 Å². The SMILES string of the molecule is C=Cc1cc(C)cc(C(C)(C)C(C)(C)C)c1O.CC.CC. The lowest BCUT2D eigenvalue weighted by atomic mass is 9.64. The lowest BCUT2D eigenvalue weighted by Gasteiger charge is -2.40. The molecule has 1 rings (SSSR count). The van der Waals surface area contributed by atoms with E-state index in [9.17, 15) is 5.11 Å². The predicted molar refractivity (Wildman–Crippen MR) is 98.1 cm³/mol. The van der Waals surface area contributed by atoms with Gasteiger partial charge in [-0.05, 0) is 29.4 Å². The fourth-order valence-electron chi connectivity index (χ4n) is 1.84. The van der Waals surface area contributed by atoms with Crippen molar-refractivity contribution in [3.63, 3.8) is 0 Å². The lowest BCUT2D eigenvalue weighted by molar-refractivity contribution is 0.219. The molecule has 1 aromatic rings. The average molecular weight is 293 g/mol. The molecule has 1 aromatic carbocycles. The molecule has 0 aliphatic carbocycles. The Morgan fingerprint density at radius 3 is 1.71 bits per heavy atom. The summed E-state index contributed by atoms with van der Waals surface area (Å²) >= 11 is 0. The Hall–Kier alpha value is -1.24. The van der Waals surface area contributed by atoms with E-state index < -0.39 is 0 Å². The first-order chi connectivity index (χ1) is 9.61. The molecule has 0 atom stereocenters. The van der Waals surface area contributed by atoms with Gasteiger partial charge in [0.15, 0.2) is 0 Å². The van der Waals surface area contributed by atoms with Crippen LogP contribution in [-0.4, -0.2) is 5.11 Å². The number of aryl methyl sites for hydroxylation is 1. The van der Waals surface area contributed by atoms with Crippen molar-refractivity contribution in [3.8, 4) is 5.75 Å². The zero-order chi connectivity index (χ0) is 17.4. The Morgan fingerprint density at radius 2 is 1.38 bits per heavy atom. The second-order valence-corrected chi connectivity index (χ2v) is 6.33. The zero-order valence-corrected chi connectivity index (χ0v) is 15.9. The van der Waals surface area contributed by atoms with Crippen molar-refractivity contribution in [3.05, 3.63) is 35.4 Å². The Bertz CT molecular complexity index is 434. The molecule has 0 fully saturated rings. The molecule has 1 N–H and O–H groups in total. The summed E-state index contributed by atoms with van der Waals surface area (Å²) < 4.78 is 0. The molecule has 0 aliphatic rings. The van der Waals surface area contributed by atoms with Crippen molar-refractivity contribution in [2.75, 3.05) is 0 Å². The highest BCUT2D eigenvalue weighted by Gasteiger charge is 2.36. The van der Waals surface area contributed by atoms with Gasteiger partial charge in [-0.1, -0.05) is 81.0 Å². The van der Waals surface area contributed by atoms with Crippen molar-refractivity contribution in [1.29, 1.82) is 0 Å². The van der Waals surface area contributed by atoms with E-state index in [1.165, 1.54) is 0 Å². The van der Waals surface area contributed by atoms with Crippen molar-refractivity contribution in [2.45, 2.75) is 74.7 Å². The van der Waals surface area contributed by atoms with E-state index in [-0.39, 0.29) is 10.8 Å². The van der Waals surface area contributed by atoms with E-state index >= 15 is 0 Å². The van der Waals surface area contributed by atoms with Crippen molar-refractivity contribution in [1.82, 2.24) is 0 Å². The molecule has 21 heavy (non-hydrogen) atoms. The van der Waals surface area contributed by atoms with Gasteiger partial charge in [0, 0.05) is 11.1 Å². The van der Waals surface area contributed by atoms with Gasteiger partial charge < -0.3 is 5.11 Å². The van der Waals surface area contributed by atoms with Crippen molar-refractivity contribution in [2.24, 2.45) is 5.41 Å². The van der Waals surface area contributed by atoms with Crippen LogP contribution >= 0.6 is 0 Å². The molecule has 0 amide bonds. The quantitative estimate of drug-likeness (QED) is 0.641. The van der Waals surface area contributed by atoms with E-state index in [0.29, 0.717) is 5.75 Å². The molecule has 1 nitrogen and oxygen atoms in total. The van der Waals surface area contributed by atoms with Crippen LogP contribution in [0.2, 0.25) is 0 Å². The van der Waals surface area contributed by atoms with Crippen LogP contribution in [0.3, 0.4) is 0 Å². The largest absolute Gasteiger partial charge is 0.507 e. The second kappa shape index (κ2) is 8.92. The third-order valence-electron chi connectivity index (χ3n) is 4.05. The van der Waals surface area contributed by atoms with Gasteiger partial charge >= 0.3 is 0 Å². The van der Waals surface area contributed by atoms with Crippen LogP contribution < -0.4 is 0 Å². The lowest BCUT2D eigenvalue weighted by Crippen LogP contribution is -2.34. The van der Waals surface area contributed by atoms with Crippen molar-refractivity contribution >= 4 is 6.08 Å². The van der Waals surface area contributed by atoms with Crippen molar-refractivity contribution < 1.29 is 5.11 Å². The number of benzene rings is 1. The number of aromatic hydroxyl groups is 1. The van der Waals surface area contributed by atoms with E-state index in [1.54, 1.807) is 6.08 Å². The number of hydrogen-bond acceptors (Lipinski definition) is 1. The highest BCUT2D eigenvalue weighted by molar-refractivity contribution is 5.61. The van der Waals surface area contributed by atoms with Crippen LogP contribution in [0.1, 0.15) is 79.0 Å². The summed E-state index contributed by atoms with van der Waals surface area (Å²) in [6, 6.07) is 4.04. The molecule has 0 aliphatic heterocycles. The van der Waals surface area contributed by atoms with Gasteiger partial charge in [-0.15, -0.1) is 0 Å². The molecule has 0 saturated carbocycles. The van der Waals surface area contributed by atoms with Crippen LogP contribution in [0, 0.1) is 12.3 Å². The summed E-state index contributed by atoms with van der Waals surface area (Å²) in [5.74, 6) is 0.366. The molecular weight excluding hydrogens is 256 g/mol. The first kappa shape index (κ1) is 22.0. The van der Waals surface area contributed by atoms with Crippen LogP contribution in [0.15, 0.2) is 18.7 Å². The number of rotatable bonds is 2. The minimum atomic E-state index is -0.0964. The summed E-state index contributed by atoms with van der Waals surface area (Å²) in [5.41, 5.74) is 2.96. The Morgan fingerprint density at radius 1 is 0.952 bits per heavy atom. The Kier molecular flexibility index (Phi) is 9.36. The maximum absolute atomic E-state index is 10.3. The monoisotopic (exact) mass is 292 g/mol. The summed E-state index contributed by atoms with van der Waals surface area (Å²) in [5, 5.41) is 10.3. The van der Waals surface area contributed by atoms with Crippen LogP contribution in [0.5, 0.6) is 5.75 Å². The zero-order valence-electron chi connectivity index (χ0n) is 15.9. The fourth-order valence-corrected chi connectivity index (χ4v) is 1.84. The molecule has 0 aromatic heterocycles. The predicted octanol–water partition coefficient (Wildman–Crippen LogP) is 6.72.